The number of nitrogens with two attached hydrogens (primary N) is 1. The summed E-state index contributed by atoms with van der Waals surface area (Å²) in [6.45, 7) is 3.64. The summed E-state index contributed by atoms with van der Waals surface area (Å²) >= 11 is 0. The van der Waals surface area contributed by atoms with Crippen LogP contribution in [0.5, 0.6) is 0 Å². The van der Waals surface area contributed by atoms with Crippen molar-refractivity contribution in [1.29, 1.82) is 0 Å². The number of piperidine rings is 1. The highest BCUT2D eigenvalue weighted by atomic mass is 19.4. The second-order valence-electron chi connectivity index (χ2n) is 8.79. The summed E-state index contributed by atoms with van der Waals surface area (Å²) in [5.74, 6) is 0.647. The minimum atomic E-state index is -4.50. The van der Waals surface area contributed by atoms with Gasteiger partial charge in [0.1, 0.15) is 0 Å². The largest absolute Gasteiger partial charge is 0.416 e. The summed E-state index contributed by atoms with van der Waals surface area (Å²) < 4.78 is 41.0. The SMILES string of the molecule is C[C@@H](Nc1nn(C)c(=O)c2cnc(C3CCCN(C)C3)cc12)c1cc(N)cc(C(F)(F)F)c1. The lowest BCUT2D eigenvalue weighted by molar-refractivity contribution is -0.137. The number of hydrogen-bond donors (Lipinski definition) is 2. The fourth-order valence-corrected chi connectivity index (χ4v) is 4.38. The first-order chi connectivity index (χ1) is 15.5. The van der Waals surface area contributed by atoms with Crippen LogP contribution in [0.3, 0.4) is 0 Å². The number of nitrogen functional groups attached to an aromatic ring is 1. The Morgan fingerprint density at radius 2 is 1.94 bits per heavy atom. The fourth-order valence-electron chi connectivity index (χ4n) is 4.38. The van der Waals surface area contributed by atoms with E-state index < -0.39 is 17.8 Å². The van der Waals surface area contributed by atoms with Gasteiger partial charge in [0.25, 0.3) is 5.56 Å². The third-order valence-electron chi connectivity index (χ3n) is 6.16. The van der Waals surface area contributed by atoms with Crippen LogP contribution in [0.2, 0.25) is 0 Å². The molecular formula is C23H27F3N6O. The lowest BCUT2D eigenvalue weighted by atomic mass is 9.94. The molecule has 4 rings (SSSR count). The maximum absolute atomic E-state index is 13.3. The number of alkyl halides is 3. The number of benzene rings is 1. The standard InChI is InChI=1S/C23H27F3N6O/c1-13(15-7-16(23(24,25)26)9-17(27)8-15)29-21-18-10-20(14-5-4-6-31(2)12-14)28-11-19(18)22(33)32(3)30-21/h7-11,13-14H,4-6,12,27H2,1-3H3,(H,29,30)/t13-,14?/m1/s1. The van der Waals surface area contributed by atoms with E-state index in [9.17, 15) is 18.0 Å². The van der Waals surface area contributed by atoms with Crippen LogP contribution in [-0.4, -0.2) is 39.8 Å². The van der Waals surface area contributed by atoms with Gasteiger partial charge < -0.3 is 16.0 Å². The van der Waals surface area contributed by atoms with Crippen LogP contribution in [0.15, 0.2) is 35.3 Å². The normalized spacial score (nSPS) is 18.4. The highest BCUT2D eigenvalue weighted by molar-refractivity contribution is 5.91. The lowest BCUT2D eigenvalue weighted by Crippen LogP contribution is -2.31. The summed E-state index contributed by atoms with van der Waals surface area (Å²) in [7, 11) is 3.60. The third kappa shape index (κ3) is 4.80. The number of aromatic nitrogens is 3. The molecule has 0 radical (unpaired) electrons. The van der Waals surface area contributed by atoms with Crippen LogP contribution in [-0.2, 0) is 13.2 Å². The van der Waals surface area contributed by atoms with Crippen LogP contribution in [0.4, 0.5) is 24.7 Å². The van der Waals surface area contributed by atoms with E-state index in [2.05, 4.69) is 27.3 Å². The van der Waals surface area contributed by atoms with Gasteiger partial charge in [0.15, 0.2) is 5.82 Å². The quantitative estimate of drug-likeness (QED) is 0.574. The van der Waals surface area contributed by atoms with Gasteiger partial charge in [0.2, 0.25) is 0 Å². The first-order valence-corrected chi connectivity index (χ1v) is 10.8. The number of halogens is 3. The summed E-state index contributed by atoms with van der Waals surface area (Å²) in [5.41, 5.74) is 5.92. The van der Waals surface area contributed by atoms with E-state index in [0.717, 1.165) is 43.8 Å². The van der Waals surface area contributed by atoms with Crippen molar-refractivity contribution in [3.05, 3.63) is 57.6 Å². The van der Waals surface area contributed by atoms with Crippen LogP contribution < -0.4 is 16.6 Å². The molecule has 1 saturated heterocycles. The summed E-state index contributed by atoms with van der Waals surface area (Å²) in [4.78, 5) is 19.5. The number of anilines is 2. The average Bonchev–Trinajstić information content (AvgIpc) is 2.76. The van der Waals surface area contributed by atoms with E-state index in [1.807, 2.05) is 6.07 Å². The molecule has 3 N–H and O–H groups in total. The van der Waals surface area contributed by atoms with E-state index >= 15 is 0 Å². The summed E-state index contributed by atoms with van der Waals surface area (Å²) in [6, 6.07) is 4.82. The number of nitrogens with zero attached hydrogens (tertiary/aromatic N) is 4. The number of nitrogens with one attached hydrogen (secondary N) is 1. The zero-order valence-corrected chi connectivity index (χ0v) is 18.8. The van der Waals surface area contributed by atoms with E-state index in [4.69, 9.17) is 5.73 Å². The van der Waals surface area contributed by atoms with Crippen molar-refractivity contribution in [2.75, 3.05) is 31.2 Å². The Morgan fingerprint density at radius 3 is 2.64 bits per heavy atom. The number of fused-ring (bicyclic) bond motifs is 1. The third-order valence-corrected chi connectivity index (χ3v) is 6.16. The summed E-state index contributed by atoms with van der Waals surface area (Å²) in [5, 5.41) is 8.55. The van der Waals surface area contributed by atoms with Crippen molar-refractivity contribution < 1.29 is 13.2 Å². The molecule has 1 aliphatic heterocycles. The molecule has 33 heavy (non-hydrogen) atoms. The van der Waals surface area contributed by atoms with E-state index in [0.29, 0.717) is 22.2 Å². The Balaban J connectivity index is 1.74. The van der Waals surface area contributed by atoms with Gasteiger partial charge in [-0.25, -0.2) is 4.68 Å². The molecule has 3 aromatic rings. The van der Waals surface area contributed by atoms with Gasteiger partial charge in [-0.3, -0.25) is 9.78 Å². The molecule has 0 amide bonds. The van der Waals surface area contributed by atoms with Crippen molar-refractivity contribution in [3.8, 4) is 0 Å². The number of rotatable bonds is 4. The first kappa shape index (κ1) is 23.0. The summed E-state index contributed by atoms with van der Waals surface area (Å²) in [6.07, 6.45) is -0.862. The second-order valence-corrected chi connectivity index (χ2v) is 8.79. The maximum Gasteiger partial charge on any atom is 0.416 e. The molecule has 0 saturated carbocycles. The zero-order valence-electron chi connectivity index (χ0n) is 18.8. The van der Waals surface area contributed by atoms with Gasteiger partial charge >= 0.3 is 6.18 Å². The molecule has 2 aromatic heterocycles. The number of pyridine rings is 1. The molecule has 10 heteroatoms. The first-order valence-electron chi connectivity index (χ1n) is 10.8. The highest BCUT2D eigenvalue weighted by Gasteiger charge is 2.31. The van der Waals surface area contributed by atoms with E-state index in [1.165, 1.54) is 17.8 Å². The van der Waals surface area contributed by atoms with Gasteiger partial charge in [0.05, 0.1) is 17.0 Å². The van der Waals surface area contributed by atoms with Crippen LogP contribution in [0.25, 0.3) is 10.8 Å². The van der Waals surface area contributed by atoms with Crippen LogP contribution >= 0.6 is 0 Å². The number of hydrogen-bond acceptors (Lipinski definition) is 6. The van der Waals surface area contributed by atoms with Gasteiger partial charge in [0, 0.05) is 42.5 Å². The molecule has 7 nitrogen and oxygen atoms in total. The van der Waals surface area contributed by atoms with Crippen molar-refractivity contribution in [1.82, 2.24) is 19.7 Å². The van der Waals surface area contributed by atoms with Crippen molar-refractivity contribution in [3.63, 3.8) is 0 Å². The molecule has 0 bridgehead atoms. The molecule has 0 spiro atoms. The van der Waals surface area contributed by atoms with Crippen LogP contribution in [0, 0.1) is 0 Å². The monoisotopic (exact) mass is 460 g/mol. The Hall–Kier alpha value is -3.14. The van der Waals surface area contributed by atoms with Crippen molar-refractivity contribution in [2.24, 2.45) is 7.05 Å². The van der Waals surface area contributed by atoms with Gasteiger partial charge in [-0.15, -0.1) is 0 Å². The predicted octanol–water partition coefficient (Wildman–Crippen LogP) is 3.91. The molecule has 1 aromatic carbocycles. The Kier molecular flexibility index (Phi) is 6.04. The minimum absolute atomic E-state index is 0.0275. The van der Waals surface area contributed by atoms with Gasteiger partial charge in [-0.1, -0.05) is 0 Å². The van der Waals surface area contributed by atoms with Crippen molar-refractivity contribution in [2.45, 2.75) is 37.9 Å². The molecule has 176 valence electrons. The van der Waals surface area contributed by atoms with Crippen LogP contribution in [0.1, 0.15) is 48.5 Å². The molecule has 0 aliphatic carbocycles. The maximum atomic E-state index is 13.3. The fraction of sp³-hybridized carbons (Fsp3) is 0.435. The smallest absolute Gasteiger partial charge is 0.399 e. The second kappa shape index (κ2) is 8.66. The minimum Gasteiger partial charge on any atom is -0.399 e. The van der Waals surface area contributed by atoms with Gasteiger partial charge in [-0.2, -0.15) is 18.3 Å². The number of likely N-dealkylation sites (N-methyl/N-ethyl adjacent to an activating group) is 1. The van der Waals surface area contributed by atoms with Gasteiger partial charge in [-0.05, 0) is 63.2 Å². The number of likely N-dealkylation sites (tertiary alicyclic amines) is 1. The molecule has 2 atom stereocenters. The Bertz CT molecular complexity index is 1240. The Labute approximate surface area is 189 Å². The molecular weight excluding hydrogens is 433 g/mol. The van der Waals surface area contributed by atoms with Crippen molar-refractivity contribution >= 4 is 22.3 Å². The van der Waals surface area contributed by atoms with E-state index in [-0.39, 0.29) is 17.2 Å². The average molecular weight is 461 g/mol. The molecule has 1 aliphatic rings. The predicted molar refractivity (Wildman–Crippen MR) is 122 cm³/mol. The molecule has 1 unspecified atom stereocenters. The molecule has 1 fully saturated rings. The number of aryl methyl sites for hydroxylation is 1. The van der Waals surface area contributed by atoms with E-state index in [1.54, 1.807) is 13.1 Å². The zero-order chi connectivity index (χ0) is 23.9. The highest BCUT2D eigenvalue weighted by Crippen LogP contribution is 2.34. The lowest BCUT2D eigenvalue weighted by Gasteiger charge is -2.29. The Morgan fingerprint density at radius 1 is 1.18 bits per heavy atom. The topological polar surface area (TPSA) is 89.1 Å². The molecule has 3 heterocycles.